The van der Waals surface area contributed by atoms with Crippen molar-refractivity contribution in [2.24, 2.45) is 10.9 Å². The van der Waals surface area contributed by atoms with Crippen molar-refractivity contribution in [3.63, 3.8) is 0 Å². The molecule has 3 rings (SSSR count). The lowest BCUT2D eigenvalue weighted by Crippen LogP contribution is -2.32. The predicted octanol–water partition coefficient (Wildman–Crippen LogP) is 6.31. The van der Waals surface area contributed by atoms with E-state index in [0.717, 1.165) is 11.3 Å². The number of halogens is 1. The van der Waals surface area contributed by atoms with E-state index in [-0.39, 0.29) is 5.91 Å². The van der Waals surface area contributed by atoms with Crippen LogP contribution in [0.2, 0.25) is 5.02 Å². The maximum absolute atomic E-state index is 13.1. The predicted molar refractivity (Wildman–Crippen MR) is 123 cm³/mol. The summed E-state index contributed by atoms with van der Waals surface area (Å²) in [5, 5.41) is 1.29. The van der Waals surface area contributed by atoms with Gasteiger partial charge in [0.1, 0.15) is 5.75 Å². The summed E-state index contributed by atoms with van der Waals surface area (Å²) < 4.78 is 5.69. The van der Waals surface area contributed by atoms with Crippen LogP contribution >= 0.6 is 23.4 Å². The molecule has 1 saturated heterocycles. The van der Waals surface area contributed by atoms with Gasteiger partial charge in [-0.3, -0.25) is 9.69 Å². The lowest BCUT2D eigenvalue weighted by Gasteiger charge is -2.17. The summed E-state index contributed by atoms with van der Waals surface area (Å²) in [5.41, 5.74) is 2.79. The molecule has 1 heterocycles. The Kier molecular flexibility index (Phi) is 7.04. The molecule has 0 bridgehead atoms. The Labute approximate surface area is 181 Å². The molecule has 0 unspecified atom stereocenters. The van der Waals surface area contributed by atoms with Crippen LogP contribution < -0.4 is 4.74 Å². The SMILES string of the molecule is CCOc1ccc(Cl)cc1/C=C1/SC(=Nc2ccc(C)cc2)N(CC(C)C)C1=O. The fourth-order valence-corrected chi connectivity index (χ4v) is 4.09. The molecule has 4 nitrogen and oxygen atoms in total. The van der Waals surface area contributed by atoms with Gasteiger partial charge in [0, 0.05) is 17.1 Å². The summed E-state index contributed by atoms with van der Waals surface area (Å²) in [7, 11) is 0. The van der Waals surface area contributed by atoms with Crippen LogP contribution in [0.5, 0.6) is 5.75 Å². The number of carbonyl (C=O) groups is 1. The number of ether oxygens (including phenoxy) is 1. The van der Waals surface area contributed by atoms with E-state index in [2.05, 4.69) is 13.8 Å². The van der Waals surface area contributed by atoms with Crippen molar-refractivity contribution >= 4 is 46.2 Å². The zero-order valence-corrected chi connectivity index (χ0v) is 18.7. The van der Waals surface area contributed by atoms with Crippen LogP contribution in [-0.2, 0) is 4.79 Å². The number of rotatable bonds is 6. The van der Waals surface area contributed by atoms with E-state index in [4.69, 9.17) is 21.3 Å². The first-order valence-electron chi connectivity index (χ1n) is 9.66. The summed E-state index contributed by atoms with van der Waals surface area (Å²) in [6, 6.07) is 13.4. The standard InChI is InChI=1S/C23H25ClN2O2S/c1-5-28-20-11-8-18(24)12-17(20)13-21-22(27)26(14-15(2)3)23(29-21)25-19-9-6-16(4)7-10-19/h6-13,15H,5,14H2,1-4H3/b21-13+,25-23?. The zero-order valence-electron chi connectivity index (χ0n) is 17.1. The number of amides is 1. The van der Waals surface area contributed by atoms with Crippen LogP contribution in [-0.4, -0.2) is 29.1 Å². The Morgan fingerprint density at radius 3 is 2.59 bits per heavy atom. The van der Waals surface area contributed by atoms with Crippen LogP contribution in [0.15, 0.2) is 52.4 Å². The van der Waals surface area contributed by atoms with Crippen molar-refractivity contribution in [1.82, 2.24) is 4.90 Å². The van der Waals surface area contributed by atoms with Crippen molar-refractivity contribution in [1.29, 1.82) is 0 Å². The third kappa shape index (κ3) is 5.43. The molecule has 0 saturated carbocycles. The first kappa shape index (κ1) is 21.5. The minimum absolute atomic E-state index is 0.0445. The number of aryl methyl sites for hydroxylation is 1. The third-order valence-electron chi connectivity index (χ3n) is 4.25. The van der Waals surface area contributed by atoms with Gasteiger partial charge in [0.05, 0.1) is 17.2 Å². The van der Waals surface area contributed by atoms with Gasteiger partial charge in [0.15, 0.2) is 5.17 Å². The van der Waals surface area contributed by atoms with Crippen molar-refractivity contribution in [2.75, 3.05) is 13.2 Å². The lowest BCUT2D eigenvalue weighted by atomic mass is 10.1. The molecule has 152 valence electrons. The van der Waals surface area contributed by atoms with Crippen LogP contribution in [0, 0.1) is 12.8 Å². The molecule has 1 amide bonds. The first-order chi connectivity index (χ1) is 13.9. The van der Waals surface area contributed by atoms with Gasteiger partial charge in [0.2, 0.25) is 0 Å². The van der Waals surface area contributed by atoms with Gasteiger partial charge in [0.25, 0.3) is 5.91 Å². The highest BCUT2D eigenvalue weighted by atomic mass is 35.5. The van der Waals surface area contributed by atoms with Crippen LogP contribution in [0.25, 0.3) is 6.08 Å². The fraction of sp³-hybridized carbons (Fsp3) is 0.304. The molecule has 2 aromatic rings. The van der Waals surface area contributed by atoms with Gasteiger partial charge in [-0.05, 0) is 67.9 Å². The van der Waals surface area contributed by atoms with E-state index in [0.29, 0.717) is 39.9 Å². The van der Waals surface area contributed by atoms with Gasteiger partial charge in [-0.2, -0.15) is 0 Å². The Hall–Kier alpha value is -2.24. The van der Waals surface area contributed by atoms with Crippen LogP contribution in [0.1, 0.15) is 31.9 Å². The minimum atomic E-state index is -0.0445. The van der Waals surface area contributed by atoms with Crippen molar-refractivity contribution in [2.45, 2.75) is 27.7 Å². The number of hydrogen-bond donors (Lipinski definition) is 0. The Morgan fingerprint density at radius 1 is 1.21 bits per heavy atom. The molecule has 0 radical (unpaired) electrons. The summed E-state index contributed by atoms with van der Waals surface area (Å²) in [4.78, 5) is 20.2. The largest absolute Gasteiger partial charge is 0.493 e. The number of amidine groups is 1. The molecule has 1 fully saturated rings. The highest BCUT2D eigenvalue weighted by Crippen LogP contribution is 2.36. The third-order valence-corrected chi connectivity index (χ3v) is 5.49. The Bertz CT molecular complexity index is 952. The van der Waals surface area contributed by atoms with Crippen molar-refractivity contribution in [3.8, 4) is 5.75 Å². The smallest absolute Gasteiger partial charge is 0.266 e. The minimum Gasteiger partial charge on any atom is -0.493 e. The highest BCUT2D eigenvalue weighted by molar-refractivity contribution is 8.18. The molecule has 0 aromatic heterocycles. The zero-order chi connectivity index (χ0) is 21.0. The molecule has 0 atom stereocenters. The summed E-state index contributed by atoms with van der Waals surface area (Å²) in [6.45, 7) is 9.30. The van der Waals surface area contributed by atoms with E-state index in [1.807, 2.05) is 56.3 Å². The average molecular weight is 429 g/mol. The van der Waals surface area contributed by atoms with E-state index in [1.54, 1.807) is 11.0 Å². The second kappa shape index (κ2) is 9.51. The number of nitrogens with zero attached hydrogens (tertiary/aromatic N) is 2. The second-order valence-electron chi connectivity index (χ2n) is 7.27. The number of thioether (sulfide) groups is 1. The van der Waals surface area contributed by atoms with Gasteiger partial charge in [-0.15, -0.1) is 0 Å². The van der Waals surface area contributed by atoms with Gasteiger partial charge in [-0.1, -0.05) is 43.1 Å². The molecule has 0 N–H and O–H groups in total. The molecule has 0 aliphatic carbocycles. The van der Waals surface area contributed by atoms with E-state index < -0.39 is 0 Å². The number of benzene rings is 2. The van der Waals surface area contributed by atoms with Crippen molar-refractivity contribution in [3.05, 3.63) is 63.5 Å². The molecular weight excluding hydrogens is 404 g/mol. The molecular formula is C23H25ClN2O2S. The summed E-state index contributed by atoms with van der Waals surface area (Å²) in [6.07, 6.45) is 1.84. The topological polar surface area (TPSA) is 41.9 Å². The lowest BCUT2D eigenvalue weighted by molar-refractivity contribution is -0.122. The maximum atomic E-state index is 13.1. The van der Waals surface area contributed by atoms with Gasteiger partial charge >= 0.3 is 0 Å². The maximum Gasteiger partial charge on any atom is 0.266 e. The molecule has 29 heavy (non-hydrogen) atoms. The van der Waals surface area contributed by atoms with Crippen LogP contribution in [0.4, 0.5) is 5.69 Å². The normalized spacial score (nSPS) is 17.0. The molecule has 1 aliphatic heterocycles. The summed E-state index contributed by atoms with van der Waals surface area (Å²) in [5.74, 6) is 0.987. The van der Waals surface area contributed by atoms with Crippen LogP contribution in [0.3, 0.4) is 0 Å². The van der Waals surface area contributed by atoms with E-state index >= 15 is 0 Å². The number of aliphatic imine (C=N–C) groups is 1. The monoisotopic (exact) mass is 428 g/mol. The average Bonchev–Trinajstić information content (AvgIpc) is 2.94. The van der Waals surface area contributed by atoms with E-state index in [1.165, 1.54) is 17.3 Å². The first-order valence-corrected chi connectivity index (χ1v) is 10.9. The summed E-state index contributed by atoms with van der Waals surface area (Å²) >= 11 is 7.56. The number of carbonyl (C=O) groups excluding carboxylic acids is 1. The fourth-order valence-electron chi connectivity index (χ4n) is 2.91. The second-order valence-corrected chi connectivity index (χ2v) is 8.71. The Morgan fingerprint density at radius 2 is 1.93 bits per heavy atom. The molecule has 1 aliphatic rings. The van der Waals surface area contributed by atoms with Gasteiger partial charge < -0.3 is 4.74 Å². The Balaban J connectivity index is 1.99. The van der Waals surface area contributed by atoms with E-state index in [9.17, 15) is 4.79 Å². The quantitative estimate of drug-likeness (QED) is 0.506. The number of hydrogen-bond acceptors (Lipinski definition) is 4. The molecule has 2 aromatic carbocycles. The molecule has 6 heteroatoms. The van der Waals surface area contributed by atoms with Gasteiger partial charge in [-0.25, -0.2) is 4.99 Å². The van der Waals surface area contributed by atoms with Crippen molar-refractivity contribution < 1.29 is 9.53 Å². The highest BCUT2D eigenvalue weighted by Gasteiger charge is 2.34. The molecule has 0 spiro atoms.